The summed E-state index contributed by atoms with van der Waals surface area (Å²) in [5, 5.41) is 2.09. The number of aromatic nitrogens is 3. The minimum atomic E-state index is 0.0144. The summed E-state index contributed by atoms with van der Waals surface area (Å²) in [5.74, 6) is 1.89. The van der Waals surface area contributed by atoms with Gasteiger partial charge in [0.15, 0.2) is 17.5 Å². The van der Waals surface area contributed by atoms with E-state index in [0.717, 1.165) is 38.6 Å². The standard InChI is InChI=1S/C46H29N3O/c1-4-14-29(15-5-1)32-26-27-34-33-20-10-11-21-35(33)41(38(34)28-32)36-22-12-24-39-42(36)43-37(23-13-25-40(43)50-39)46-48-44(30-16-6-2-7-17-30)47-45(49-46)31-18-8-3-9-19-31/h1-28,41H. The molecule has 4 nitrogen and oxygen atoms in total. The van der Waals surface area contributed by atoms with E-state index in [1.807, 2.05) is 72.8 Å². The molecule has 0 aliphatic heterocycles. The van der Waals surface area contributed by atoms with E-state index in [9.17, 15) is 0 Å². The molecule has 234 valence electrons. The van der Waals surface area contributed by atoms with Gasteiger partial charge in [-0.25, -0.2) is 15.0 Å². The van der Waals surface area contributed by atoms with Crippen LogP contribution in [0.1, 0.15) is 22.6 Å². The zero-order valence-corrected chi connectivity index (χ0v) is 27.0. The summed E-state index contributed by atoms with van der Waals surface area (Å²) in [6.07, 6.45) is 0. The number of nitrogens with zero attached hydrogens (tertiary/aromatic N) is 3. The average molecular weight is 640 g/mol. The average Bonchev–Trinajstić information content (AvgIpc) is 3.74. The molecule has 0 radical (unpaired) electrons. The van der Waals surface area contributed by atoms with Crippen LogP contribution in [0.5, 0.6) is 0 Å². The van der Waals surface area contributed by atoms with Crippen molar-refractivity contribution >= 4 is 21.9 Å². The highest BCUT2D eigenvalue weighted by molar-refractivity contribution is 6.14. The molecular formula is C46H29N3O. The van der Waals surface area contributed by atoms with Crippen LogP contribution in [0, 0.1) is 0 Å². The first-order valence-electron chi connectivity index (χ1n) is 16.9. The predicted molar refractivity (Wildman–Crippen MR) is 202 cm³/mol. The van der Waals surface area contributed by atoms with Crippen molar-refractivity contribution in [2.24, 2.45) is 0 Å². The molecule has 0 spiro atoms. The Kier molecular flexibility index (Phi) is 6.53. The first-order chi connectivity index (χ1) is 24.8. The van der Waals surface area contributed by atoms with Crippen molar-refractivity contribution in [2.75, 3.05) is 0 Å². The lowest BCUT2D eigenvalue weighted by molar-refractivity contribution is 0.668. The van der Waals surface area contributed by atoms with Crippen LogP contribution in [0.2, 0.25) is 0 Å². The largest absolute Gasteiger partial charge is 0.456 e. The number of furan rings is 1. The van der Waals surface area contributed by atoms with E-state index in [2.05, 4.69) is 97.1 Å². The Hall–Kier alpha value is -6.65. The van der Waals surface area contributed by atoms with Crippen LogP contribution in [-0.2, 0) is 0 Å². The topological polar surface area (TPSA) is 51.8 Å². The maximum absolute atomic E-state index is 6.64. The second kappa shape index (κ2) is 11.5. The maximum Gasteiger partial charge on any atom is 0.164 e. The summed E-state index contributed by atoms with van der Waals surface area (Å²) >= 11 is 0. The highest BCUT2D eigenvalue weighted by atomic mass is 16.3. The number of hydrogen-bond donors (Lipinski definition) is 0. The fourth-order valence-corrected chi connectivity index (χ4v) is 7.60. The summed E-state index contributed by atoms with van der Waals surface area (Å²) in [4.78, 5) is 15.2. The smallest absolute Gasteiger partial charge is 0.164 e. The van der Waals surface area contributed by atoms with Crippen molar-refractivity contribution < 1.29 is 4.42 Å². The van der Waals surface area contributed by atoms with Crippen molar-refractivity contribution in [3.63, 3.8) is 0 Å². The van der Waals surface area contributed by atoms with E-state index in [-0.39, 0.29) is 5.92 Å². The van der Waals surface area contributed by atoms with Gasteiger partial charge in [0.25, 0.3) is 0 Å². The van der Waals surface area contributed by atoms with Crippen LogP contribution in [0.25, 0.3) is 78.4 Å². The van der Waals surface area contributed by atoms with E-state index in [0.29, 0.717) is 17.5 Å². The van der Waals surface area contributed by atoms with Crippen LogP contribution in [0.15, 0.2) is 174 Å². The summed E-state index contributed by atoms with van der Waals surface area (Å²) < 4.78 is 6.64. The number of rotatable bonds is 5. The van der Waals surface area contributed by atoms with Gasteiger partial charge < -0.3 is 4.42 Å². The van der Waals surface area contributed by atoms with Crippen molar-refractivity contribution in [3.05, 3.63) is 187 Å². The molecule has 4 heteroatoms. The van der Waals surface area contributed by atoms with Crippen LogP contribution >= 0.6 is 0 Å². The van der Waals surface area contributed by atoms with Gasteiger partial charge in [-0.1, -0.05) is 152 Å². The van der Waals surface area contributed by atoms with Crippen LogP contribution in [-0.4, -0.2) is 15.0 Å². The van der Waals surface area contributed by atoms with Gasteiger partial charge in [0.05, 0.1) is 0 Å². The molecule has 0 bridgehead atoms. The SMILES string of the molecule is c1ccc(-c2ccc3c(c2)C(c2cccc4oc5cccc(-c6nc(-c7ccccc7)nc(-c7ccccc7)n6)c5c24)c2ccccc2-3)cc1. The van der Waals surface area contributed by atoms with Gasteiger partial charge in [-0.15, -0.1) is 0 Å². The Bertz CT molecular complexity index is 2640. The number of fused-ring (bicyclic) bond motifs is 6. The Morgan fingerprint density at radius 2 is 0.860 bits per heavy atom. The molecule has 9 aromatic rings. The minimum absolute atomic E-state index is 0.0144. The van der Waals surface area contributed by atoms with E-state index in [1.54, 1.807) is 0 Å². The zero-order chi connectivity index (χ0) is 33.0. The second-order valence-corrected chi connectivity index (χ2v) is 12.7. The molecule has 2 aromatic heterocycles. The molecule has 2 heterocycles. The Morgan fingerprint density at radius 3 is 1.56 bits per heavy atom. The molecule has 7 aromatic carbocycles. The lowest BCUT2D eigenvalue weighted by Crippen LogP contribution is -2.02. The monoisotopic (exact) mass is 639 g/mol. The molecule has 0 N–H and O–H groups in total. The summed E-state index contributed by atoms with van der Waals surface area (Å²) in [5.41, 5.74) is 13.2. The fourth-order valence-electron chi connectivity index (χ4n) is 7.60. The van der Waals surface area contributed by atoms with Gasteiger partial charge in [-0.05, 0) is 57.1 Å². The Labute approximate surface area is 289 Å². The third kappa shape index (κ3) is 4.57. The summed E-state index contributed by atoms with van der Waals surface area (Å²) in [6, 6.07) is 59.2. The van der Waals surface area contributed by atoms with Gasteiger partial charge in [0.1, 0.15) is 11.2 Å². The Balaban J connectivity index is 1.23. The lowest BCUT2D eigenvalue weighted by Gasteiger charge is -2.17. The molecule has 1 aliphatic carbocycles. The lowest BCUT2D eigenvalue weighted by atomic mass is 9.85. The molecule has 0 saturated carbocycles. The van der Waals surface area contributed by atoms with Crippen LogP contribution < -0.4 is 0 Å². The minimum Gasteiger partial charge on any atom is -0.456 e. The van der Waals surface area contributed by atoms with E-state index in [4.69, 9.17) is 19.4 Å². The Morgan fingerprint density at radius 1 is 0.340 bits per heavy atom. The first-order valence-corrected chi connectivity index (χ1v) is 16.9. The predicted octanol–water partition coefficient (Wildman–Crippen LogP) is 11.6. The van der Waals surface area contributed by atoms with Gasteiger partial charge >= 0.3 is 0 Å². The van der Waals surface area contributed by atoms with Gasteiger partial charge in [0.2, 0.25) is 0 Å². The zero-order valence-electron chi connectivity index (χ0n) is 27.0. The molecular weight excluding hydrogens is 611 g/mol. The molecule has 1 unspecified atom stereocenters. The summed E-state index contributed by atoms with van der Waals surface area (Å²) in [7, 11) is 0. The van der Waals surface area contributed by atoms with E-state index >= 15 is 0 Å². The highest BCUT2D eigenvalue weighted by Gasteiger charge is 2.32. The van der Waals surface area contributed by atoms with Crippen molar-refractivity contribution in [1.82, 2.24) is 15.0 Å². The first kappa shape index (κ1) is 28.4. The number of benzene rings is 7. The van der Waals surface area contributed by atoms with Gasteiger partial charge in [0, 0.05) is 33.4 Å². The number of hydrogen-bond acceptors (Lipinski definition) is 4. The molecule has 0 saturated heterocycles. The molecule has 10 rings (SSSR count). The van der Waals surface area contributed by atoms with Crippen molar-refractivity contribution in [1.29, 1.82) is 0 Å². The highest BCUT2D eigenvalue weighted by Crippen LogP contribution is 2.52. The van der Waals surface area contributed by atoms with Gasteiger partial charge in [-0.2, -0.15) is 0 Å². The molecule has 50 heavy (non-hydrogen) atoms. The molecule has 1 atom stereocenters. The quantitative estimate of drug-likeness (QED) is 0.188. The second-order valence-electron chi connectivity index (χ2n) is 12.7. The normalized spacial score (nSPS) is 13.4. The van der Waals surface area contributed by atoms with Crippen LogP contribution in [0.4, 0.5) is 0 Å². The molecule has 0 amide bonds. The van der Waals surface area contributed by atoms with E-state index < -0.39 is 0 Å². The fraction of sp³-hybridized carbons (Fsp3) is 0.0217. The van der Waals surface area contributed by atoms with Crippen molar-refractivity contribution in [2.45, 2.75) is 5.92 Å². The van der Waals surface area contributed by atoms with Gasteiger partial charge in [-0.3, -0.25) is 0 Å². The molecule has 1 aliphatic rings. The van der Waals surface area contributed by atoms with Crippen LogP contribution in [0.3, 0.4) is 0 Å². The molecule has 0 fully saturated rings. The maximum atomic E-state index is 6.64. The van der Waals surface area contributed by atoms with Crippen molar-refractivity contribution in [3.8, 4) is 56.4 Å². The summed E-state index contributed by atoms with van der Waals surface area (Å²) in [6.45, 7) is 0. The van der Waals surface area contributed by atoms with E-state index in [1.165, 1.54) is 38.9 Å². The third-order valence-corrected chi connectivity index (χ3v) is 9.84. The third-order valence-electron chi connectivity index (χ3n) is 9.84.